The second-order valence-electron chi connectivity index (χ2n) is 13.9. The number of aliphatic hydroxyl groups excluding tert-OH is 1. The molecule has 4 aliphatic rings. The largest absolute Gasteiger partial charge is 0.432 e. The van der Waals surface area contributed by atoms with E-state index in [9.17, 15) is 24.3 Å². The number of likely N-dealkylation sites (tertiary alicyclic amines) is 1. The van der Waals surface area contributed by atoms with E-state index in [4.69, 9.17) is 4.74 Å². The number of aliphatic hydroxyl groups is 1. The number of amides is 3. The number of benzene rings is 1. The zero-order chi connectivity index (χ0) is 32.0. The van der Waals surface area contributed by atoms with Crippen molar-refractivity contribution in [3.05, 3.63) is 47.1 Å². The van der Waals surface area contributed by atoms with Crippen LogP contribution in [0.25, 0.3) is 0 Å². The third kappa shape index (κ3) is 5.82. The SMILES string of the molecule is CC(C)=CCC/C(C)=C/CN1C(=O)[C@]2(O[C@H](CC(=O)N3CCC[C@H]3CO)[C@@H]([Si](C)(C)O)[C@@H]2C)c2cc(N3CCC3=O)ccc21. The molecule has 0 saturated carbocycles. The number of rotatable bonds is 10. The van der Waals surface area contributed by atoms with Gasteiger partial charge in [0.05, 0.1) is 30.9 Å². The molecule has 2 N–H and O–H groups in total. The molecular formula is C34H49N3O6Si. The number of anilines is 2. The highest BCUT2D eigenvalue weighted by Crippen LogP contribution is 2.60. The van der Waals surface area contributed by atoms with Gasteiger partial charge in [0.1, 0.15) is 0 Å². The Bertz CT molecular complexity index is 1360. The van der Waals surface area contributed by atoms with Crippen LogP contribution in [0.5, 0.6) is 0 Å². The van der Waals surface area contributed by atoms with Crippen molar-refractivity contribution in [1.82, 2.24) is 4.90 Å². The van der Waals surface area contributed by atoms with Crippen molar-refractivity contribution in [3.63, 3.8) is 0 Å². The van der Waals surface area contributed by atoms with Gasteiger partial charge in [0.15, 0.2) is 13.9 Å². The molecule has 5 rings (SSSR count). The van der Waals surface area contributed by atoms with Crippen molar-refractivity contribution in [1.29, 1.82) is 0 Å². The van der Waals surface area contributed by atoms with Crippen molar-refractivity contribution in [3.8, 4) is 0 Å². The highest BCUT2D eigenvalue weighted by atomic mass is 28.4. The molecule has 3 saturated heterocycles. The molecule has 1 aromatic carbocycles. The second-order valence-corrected chi connectivity index (χ2v) is 17.9. The first-order valence-corrected chi connectivity index (χ1v) is 19.2. The van der Waals surface area contributed by atoms with E-state index in [0.29, 0.717) is 31.6 Å². The first-order chi connectivity index (χ1) is 20.8. The average molecular weight is 624 g/mol. The molecule has 240 valence electrons. The van der Waals surface area contributed by atoms with Crippen molar-refractivity contribution >= 4 is 37.4 Å². The lowest BCUT2D eigenvalue weighted by Gasteiger charge is -2.33. The molecule has 3 amide bonds. The van der Waals surface area contributed by atoms with Crippen LogP contribution in [-0.4, -0.2) is 79.2 Å². The third-order valence-electron chi connectivity index (χ3n) is 10.1. The minimum Gasteiger partial charge on any atom is -0.432 e. The van der Waals surface area contributed by atoms with Crippen LogP contribution in [0.4, 0.5) is 11.4 Å². The molecule has 44 heavy (non-hydrogen) atoms. The van der Waals surface area contributed by atoms with Crippen molar-refractivity contribution in [2.75, 3.05) is 36.0 Å². The number of hydrogen-bond donors (Lipinski definition) is 2. The highest BCUT2D eigenvalue weighted by Gasteiger charge is 2.66. The van der Waals surface area contributed by atoms with Crippen LogP contribution in [0.3, 0.4) is 0 Å². The predicted octanol–water partition coefficient (Wildman–Crippen LogP) is 4.63. The Balaban J connectivity index is 1.52. The molecule has 5 atom stereocenters. The summed E-state index contributed by atoms with van der Waals surface area (Å²) in [6.07, 6.45) is 7.63. The lowest BCUT2D eigenvalue weighted by molar-refractivity contribution is -0.149. The number of β-lactam (4-membered cyclic amide) rings is 1. The van der Waals surface area contributed by atoms with Gasteiger partial charge in [-0.2, -0.15) is 0 Å². The summed E-state index contributed by atoms with van der Waals surface area (Å²) in [4.78, 5) is 57.5. The smallest absolute Gasteiger partial charge is 0.264 e. The molecule has 10 heteroatoms. The number of fused-ring (bicyclic) bond motifs is 2. The van der Waals surface area contributed by atoms with Crippen molar-refractivity contribution in [2.24, 2.45) is 5.92 Å². The normalized spacial score (nSPS) is 28.6. The summed E-state index contributed by atoms with van der Waals surface area (Å²) in [5.74, 6) is -0.658. The number of ether oxygens (including phenoxy) is 1. The topological polar surface area (TPSA) is 111 Å². The highest BCUT2D eigenvalue weighted by molar-refractivity contribution is 6.71. The molecule has 0 aromatic heterocycles. The Hall–Kier alpha value is -2.79. The Morgan fingerprint density at radius 1 is 1.16 bits per heavy atom. The van der Waals surface area contributed by atoms with Gasteiger partial charge in [-0.15, -0.1) is 0 Å². The van der Waals surface area contributed by atoms with Crippen molar-refractivity contribution in [2.45, 2.75) is 103 Å². The lowest BCUT2D eigenvalue weighted by atomic mass is 9.82. The monoisotopic (exact) mass is 623 g/mol. The Morgan fingerprint density at radius 3 is 2.52 bits per heavy atom. The molecule has 0 bridgehead atoms. The van der Waals surface area contributed by atoms with E-state index in [0.717, 1.165) is 37.1 Å². The van der Waals surface area contributed by atoms with Gasteiger partial charge in [-0.1, -0.05) is 30.2 Å². The van der Waals surface area contributed by atoms with Gasteiger partial charge in [-0.05, 0) is 77.7 Å². The molecule has 0 unspecified atom stereocenters. The fourth-order valence-electron chi connectivity index (χ4n) is 7.78. The predicted molar refractivity (Wildman–Crippen MR) is 174 cm³/mol. The van der Waals surface area contributed by atoms with E-state index in [2.05, 4.69) is 32.9 Å². The fraction of sp³-hybridized carbons (Fsp3) is 0.618. The van der Waals surface area contributed by atoms with Gasteiger partial charge < -0.3 is 29.3 Å². The first-order valence-electron chi connectivity index (χ1n) is 16.2. The molecule has 0 aliphatic carbocycles. The number of hydrogen-bond acceptors (Lipinski definition) is 6. The third-order valence-corrected chi connectivity index (χ3v) is 12.6. The quantitative estimate of drug-likeness (QED) is 0.223. The number of carbonyl (C=O) groups excluding carboxylic acids is 3. The summed E-state index contributed by atoms with van der Waals surface area (Å²) in [6, 6.07) is 5.52. The van der Waals surface area contributed by atoms with Gasteiger partial charge in [0.2, 0.25) is 11.8 Å². The Labute approximate surface area is 262 Å². The van der Waals surface area contributed by atoms with Crippen LogP contribution in [0.2, 0.25) is 18.6 Å². The molecule has 1 aromatic rings. The van der Waals surface area contributed by atoms with Gasteiger partial charge in [-0.3, -0.25) is 14.4 Å². The second kappa shape index (κ2) is 12.5. The minimum absolute atomic E-state index is 0.0422. The summed E-state index contributed by atoms with van der Waals surface area (Å²) in [7, 11) is -2.95. The Morgan fingerprint density at radius 2 is 1.91 bits per heavy atom. The fourth-order valence-corrected chi connectivity index (χ4v) is 10.3. The average Bonchev–Trinajstić information content (AvgIpc) is 3.60. The summed E-state index contributed by atoms with van der Waals surface area (Å²) in [5, 5.41) is 9.84. The standard InChI is InChI=1S/C34H49N3O6Si/c1-22(2)9-7-10-23(3)14-17-37-28-13-12-25(36-18-15-30(36)39)19-27(28)34(33(37)41)24(4)32(44(5,6)42)29(43-34)20-31(40)35-16-8-11-26(35)21-38/h9,12-14,19,24,26,29,32,38,42H,7-8,10-11,15-18,20-21H2,1-6H3/b23-14+/t24-,26-,29+,32-,34+/m0/s1. The minimum atomic E-state index is -2.95. The van der Waals surface area contributed by atoms with Crippen LogP contribution in [-0.2, 0) is 24.7 Å². The zero-order valence-corrected chi connectivity index (χ0v) is 28.1. The van der Waals surface area contributed by atoms with Gasteiger partial charge in [0.25, 0.3) is 5.91 Å². The summed E-state index contributed by atoms with van der Waals surface area (Å²) in [5.41, 5.74) is 2.89. The molecular weight excluding hydrogens is 574 g/mol. The van der Waals surface area contributed by atoms with Crippen LogP contribution < -0.4 is 9.80 Å². The summed E-state index contributed by atoms with van der Waals surface area (Å²) < 4.78 is 6.88. The van der Waals surface area contributed by atoms with E-state index in [1.807, 2.05) is 38.2 Å². The molecule has 4 aliphatic heterocycles. The van der Waals surface area contributed by atoms with Gasteiger partial charge in [-0.25, -0.2) is 0 Å². The zero-order valence-electron chi connectivity index (χ0n) is 27.1. The summed E-state index contributed by atoms with van der Waals surface area (Å²) >= 11 is 0. The maximum atomic E-state index is 14.7. The van der Waals surface area contributed by atoms with Crippen LogP contribution in [0.1, 0.15) is 71.8 Å². The van der Waals surface area contributed by atoms with E-state index < -0.39 is 25.9 Å². The van der Waals surface area contributed by atoms with E-state index in [-0.39, 0.29) is 42.3 Å². The van der Waals surface area contributed by atoms with E-state index >= 15 is 0 Å². The van der Waals surface area contributed by atoms with Crippen LogP contribution in [0, 0.1) is 5.92 Å². The number of nitrogens with zero attached hydrogens (tertiary/aromatic N) is 3. The number of carbonyl (C=O) groups is 3. The lowest BCUT2D eigenvalue weighted by Crippen LogP contribution is -2.46. The summed E-state index contributed by atoms with van der Waals surface area (Å²) in [6.45, 7) is 13.5. The van der Waals surface area contributed by atoms with Crippen LogP contribution >= 0.6 is 0 Å². The van der Waals surface area contributed by atoms with Crippen molar-refractivity contribution < 1.29 is 29.0 Å². The van der Waals surface area contributed by atoms with E-state index in [1.165, 1.54) is 11.1 Å². The van der Waals surface area contributed by atoms with E-state index in [1.54, 1.807) is 14.7 Å². The Kier molecular flexibility index (Phi) is 9.29. The molecule has 1 spiro atoms. The first kappa shape index (κ1) is 32.6. The number of allylic oxidation sites excluding steroid dienone is 3. The molecule has 9 nitrogen and oxygen atoms in total. The van der Waals surface area contributed by atoms with Gasteiger partial charge in [0, 0.05) is 48.8 Å². The maximum absolute atomic E-state index is 14.7. The van der Waals surface area contributed by atoms with Gasteiger partial charge >= 0.3 is 0 Å². The molecule has 3 fully saturated rings. The molecule has 4 heterocycles. The maximum Gasteiger partial charge on any atom is 0.264 e. The molecule has 0 radical (unpaired) electrons. The van der Waals surface area contributed by atoms with Crippen LogP contribution in [0.15, 0.2) is 41.5 Å².